The summed E-state index contributed by atoms with van der Waals surface area (Å²) >= 11 is 1.30. The molecule has 3 rings (SSSR count). The zero-order valence-electron chi connectivity index (χ0n) is 19.5. The molecule has 1 amide bonds. The second-order valence-electron chi connectivity index (χ2n) is 8.18. The van der Waals surface area contributed by atoms with Crippen LogP contribution in [0.25, 0.3) is 11.4 Å². The summed E-state index contributed by atoms with van der Waals surface area (Å²) in [5.74, 6) is -0.225. The Morgan fingerprint density at radius 2 is 1.71 bits per heavy atom. The number of hydrogen-bond acceptors (Lipinski definition) is 4. The molecule has 0 atom stereocenters. The van der Waals surface area contributed by atoms with E-state index in [0.29, 0.717) is 5.69 Å². The molecule has 0 unspecified atom stereocenters. The Hall–Kier alpha value is -2.28. The molecule has 1 fully saturated rings. The van der Waals surface area contributed by atoms with Gasteiger partial charge in [0, 0.05) is 29.2 Å². The lowest BCUT2D eigenvalue weighted by atomic mass is 9.95. The van der Waals surface area contributed by atoms with E-state index >= 15 is 0 Å². The van der Waals surface area contributed by atoms with Crippen molar-refractivity contribution in [1.29, 1.82) is 0 Å². The van der Waals surface area contributed by atoms with E-state index in [4.69, 9.17) is 0 Å². The lowest BCUT2D eigenvalue weighted by Gasteiger charge is -2.22. The van der Waals surface area contributed by atoms with Gasteiger partial charge in [0.05, 0.1) is 0 Å². The summed E-state index contributed by atoms with van der Waals surface area (Å²) in [6, 6.07) is 7.89. The maximum absolute atomic E-state index is 12.8. The molecular formula is C24H35N3O3S. The van der Waals surface area contributed by atoms with Crippen molar-refractivity contribution < 1.29 is 14.7 Å². The summed E-state index contributed by atoms with van der Waals surface area (Å²) in [5.41, 5.74) is 2.20. The predicted molar refractivity (Wildman–Crippen MR) is 127 cm³/mol. The van der Waals surface area contributed by atoms with Gasteiger partial charge in [-0.2, -0.15) is 0 Å². The van der Waals surface area contributed by atoms with Gasteiger partial charge in [-0.1, -0.05) is 45.2 Å². The fraction of sp³-hybridized carbons (Fsp3) is 0.542. The van der Waals surface area contributed by atoms with Crippen LogP contribution in [0.3, 0.4) is 0 Å². The minimum absolute atomic E-state index is 0.105. The van der Waals surface area contributed by atoms with Gasteiger partial charge in [-0.25, -0.2) is 4.98 Å². The van der Waals surface area contributed by atoms with Crippen molar-refractivity contribution in [2.75, 3.05) is 0 Å². The Morgan fingerprint density at radius 3 is 2.26 bits per heavy atom. The van der Waals surface area contributed by atoms with Gasteiger partial charge in [-0.05, 0) is 45.7 Å². The number of benzene rings is 1. The van der Waals surface area contributed by atoms with Crippen LogP contribution in [-0.2, 0) is 11.8 Å². The van der Waals surface area contributed by atoms with E-state index in [1.54, 1.807) is 13.8 Å². The van der Waals surface area contributed by atoms with Crippen molar-refractivity contribution in [3.8, 4) is 11.4 Å². The van der Waals surface area contributed by atoms with Crippen LogP contribution in [0.2, 0.25) is 0 Å². The number of thioether (sulfide) groups is 1. The molecule has 7 heteroatoms. The predicted octanol–water partition coefficient (Wildman–Crippen LogP) is 5.44. The summed E-state index contributed by atoms with van der Waals surface area (Å²) in [6.45, 7) is 9.28. The van der Waals surface area contributed by atoms with Gasteiger partial charge in [-0.15, -0.1) is 11.8 Å². The maximum atomic E-state index is 12.8. The smallest absolute Gasteiger partial charge is 0.319 e. The van der Waals surface area contributed by atoms with Crippen molar-refractivity contribution in [3.05, 3.63) is 35.7 Å². The van der Waals surface area contributed by atoms with Gasteiger partial charge in [0.15, 0.2) is 0 Å². The molecule has 31 heavy (non-hydrogen) atoms. The number of hydrogen-bond donors (Lipinski definition) is 2. The maximum Gasteiger partial charge on any atom is 0.319 e. The number of rotatable bonds is 6. The Balaban J connectivity index is 0.00000166. The molecule has 0 saturated heterocycles. The molecule has 0 aliphatic heterocycles. The molecule has 2 aromatic rings. The number of aromatic nitrogens is 2. The molecule has 2 N–H and O–H groups in total. The summed E-state index contributed by atoms with van der Waals surface area (Å²) in [5, 5.41) is 12.4. The standard InChI is InChI=1S/C22H29N3O3S.C2H6/c1-14-18(20(26)23-16-8-6-5-7-9-16)24-19(25(14)4)15-10-12-17(13-11-15)29-22(2,3)21(27)28;1-2/h10-13,16H,5-9H2,1-4H3,(H,23,26)(H,27,28);1-2H3. The molecule has 1 aromatic heterocycles. The van der Waals surface area contributed by atoms with Crippen molar-refractivity contribution in [2.45, 2.75) is 82.4 Å². The summed E-state index contributed by atoms with van der Waals surface area (Å²) in [6.07, 6.45) is 5.66. The number of carbonyl (C=O) groups is 2. The molecule has 1 saturated carbocycles. The largest absolute Gasteiger partial charge is 0.480 e. The highest BCUT2D eigenvalue weighted by atomic mass is 32.2. The zero-order valence-corrected chi connectivity index (χ0v) is 20.3. The Bertz CT molecular complexity index is 898. The van der Waals surface area contributed by atoms with Crippen molar-refractivity contribution in [3.63, 3.8) is 0 Å². The fourth-order valence-electron chi connectivity index (χ4n) is 3.56. The molecule has 1 aliphatic rings. The molecule has 0 radical (unpaired) electrons. The minimum Gasteiger partial charge on any atom is -0.480 e. The molecule has 1 heterocycles. The van der Waals surface area contributed by atoms with E-state index in [1.165, 1.54) is 31.0 Å². The molecule has 0 spiro atoms. The van der Waals surface area contributed by atoms with E-state index in [9.17, 15) is 14.7 Å². The van der Waals surface area contributed by atoms with Crippen LogP contribution in [0.1, 0.15) is 76.0 Å². The topological polar surface area (TPSA) is 84.2 Å². The average Bonchev–Trinajstić information content (AvgIpc) is 3.05. The first-order valence-corrected chi connectivity index (χ1v) is 11.9. The second kappa shape index (κ2) is 10.8. The van der Waals surface area contributed by atoms with E-state index in [2.05, 4.69) is 10.3 Å². The minimum atomic E-state index is -0.897. The third-order valence-electron chi connectivity index (χ3n) is 5.54. The van der Waals surface area contributed by atoms with E-state index in [-0.39, 0.29) is 11.9 Å². The van der Waals surface area contributed by atoms with Crippen LogP contribution < -0.4 is 5.32 Å². The first-order valence-electron chi connectivity index (χ1n) is 11.1. The fourth-order valence-corrected chi connectivity index (χ4v) is 4.51. The molecule has 1 aromatic carbocycles. The van der Waals surface area contributed by atoms with Gasteiger partial charge in [0.25, 0.3) is 5.91 Å². The first kappa shape index (κ1) is 25.0. The van der Waals surface area contributed by atoms with E-state index in [0.717, 1.165) is 34.8 Å². The normalized spacial score (nSPS) is 14.5. The highest BCUT2D eigenvalue weighted by Crippen LogP contribution is 2.34. The van der Waals surface area contributed by atoms with Gasteiger partial charge in [-0.3, -0.25) is 9.59 Å². The average molecular weight is 446 g/mol. The number of nitrogens with zero attached hydrogens (tertiary/aromatic N) is 2. The summed E-state index contributed by atoms with van der Waals surface area (Å²) in [7, 11) is 1.91. The Kier molecular flexibility index (Phi) is 8.74. The van der Waals surface area contributed by atoms with Gasteiger partial charge in [0.1, 0.15) is 16.3 Å². The van der Waals surface area contributed by atoms with Gasteiger partial charge < -0.3 is 15.0 Å². The van der Waals surface area contributed by atoms with Crippen LogP contribution in [0.15, 0.2) is 29.2 Å². The van der Waals surface area contributed by atoms with Crippen LogP contribution >= 0.6 is 11.8 Å². The number of aliphatic carboxylic acids is 1. The number of carboxylic acids is 1. The highest BCUT2D eigenvalue weighted by Gasteiger charge is 2.28. The monoisotopic (exact) mass is 445 g/mol. The zero-order chi connectivity index (χ0) is 23.2. The van der Waals surface area contributed by atoms with Crippen molar-refractivity contribution in [1.82, 2.24) is 14.9 Å². The van der Waals surface area contributed by atoms with E-state index < -0.39 is 10.7 Å². The van der Waals surface area contributed by atoms with Crippen LogP contribution in [-0.4, -0.2) is 37.3 Å². The molecule has 6 nitrogen and oxygen atoms in total. The molecular weight excluding hydrogens is 410 g/mol. The van der Waals surface area contributed by atoms with Crippen LogP contribution in [0.5, 0.6) is 0 Å². The molecule has 170 valence electrons. The lowest BCUT2D eigenvalue weighted by molar-refractivity contribution is -0.138. The SMILES string of the molecule is CC.Cc1c(C(=O)NC2CCCCC2)nc(-c2ccc(SC(C)(C)C(=O)O)cc2)n1C. The van der Waals surface area contributed by atoms with Gasteiger partial charge in [0.2, 0.25) is 0 Å². The second-order valence-corrected chi connectivity index (χ2v) is 9.87. The number of carbonyl (C=O) groups excluding carboxylic acids is 1. The lowest BCUT2D eigenvalue weighted by Crippen LogP contribution is -2.36. The van der Waals surface area contributed by atoms with Crippen molar-refractivity contribution in [2.24, 2.45) is 7.05 Å². The first-order chi connectivity index (χ1) is 14.7. The molecule has 1 aliphatic carbocycles. The summed E-state index contributed by atoms with van der Waals surface area (Å²) < 4.78 is 1.03. The third-order valence-corrected chi connectivity index (χ3v) is 6.73. The van der Waals surface area contributed by atoms with Crippen LogP contribution in [0.4, 0.5) is 0 Å². The van der Waals surface area contributed by atoms with Crippen LogP contribution in [0, 0.1) is 6.92 Å². The Labute approximate surface area is 189 Å². The number of amides is 1. The quantitative estimate of drug-likeness (QED) is 0.579. The third kappa shape index (κ3) is 6.12. The summed E-state index contributed by atoms with van der Waals surface area (Å²) in [4.78, 5) is 29.6. The van der Waals surface area contributed by atoms with Gasteiger partial charge >= 0.3 is 5.97 Å². The molecule has 0 bridgehead atoms. The van der Waals surface area contributed by atoms with Crippen molar-refractivity contribution >= 4 is 23.6 Å². The Morgan fingerprint density at radius 1 is 1.13 bits per heavy atom. The number of nitrogens with one attached hydrogen (secondary N) is 1. The van der Waals surface area contributed by atoms with E-state index in [1.807, 2.05) is 56.7 Å². The highest BCUT2D eigenvalue weighted by molar-refractivity contribution is 8.01. The number of carboxylic acid groups (broad SMARTS) is 1. The number of imidazole rings is 1.